The van der Waals surface area contributed by atoms with E-state index in [4.69, 9.17) is 4.74 Å². The second-order valence-corrected chi connectivity index (χ2v) is 7.44. The summed E-state index contributed by atoms with van der Waals surface area (Å²) in [5.41, 5.74) is -0.389. The van der Waals surface area contributed by atoms with Crippen LogP contribution in [0.25, 0.3) is 10.8 Å². The van der Waals surface area contributed by atoms with Crippen molar-refractivity contribution in [2.45, 2.75) is 64.1 Å². The average Bonchev–Trinajstić information content (AvgIpc) is 2.65. The van der Waals surface area contributed by atoms with Gasteiger partial charge in [-0.3, -0.25) is 4.79 Å². The highest BCUT2D eigenvalue weighted by Crippen LogP contribution is 2.42. The van der Waals surface area contributed by atoms with Crippen molar-refractivity contribution >= 4 is 17.1 Å². The molecular weight excluding hydrogens is 353 g/mol. The number of carbonyl (C=O) groups is 1. The molecule has 0 unspecified atom stereocenters. The molecule has 0 bridgehead atoms. The number of halogens is 3. The number of hydrogen-bond donors (Lipinski definition) is 0. The number of hydrogen-bond acceptors (Lipinski definition) is 2. The molecule has 0 heterocycles. The van der Waals surface area contributed by atoms with Crippen molar-refractivity contribution in [1.82, 2.24) is 0 Å². The van der Waals surface area contributed by atoms with Crippen molar-refractivity contribution in [3.63, 3.8) is 0 Å². The molecule has 0 atom stereocenters. The summed E-state index contributed by atoms with van der Waals surface area (Å²) >= 11 is 0. The third kappa shape index (κ3) is 4.63. The first-order chi connectivity index (χ1) is 12.9. The van der Waals surface area contributed by atoms with Crippen LogP contribution >= 0.6 is 0 Å². The molecule has 1 aliphatic rings. The van der Waals surface area contributed by atoms with Crippen molar-refractivity contribution in [3.05, 3.63) is 41.5 Å². The van der Waals surface area contributed by atoms with Crippen molar-refractivity contribution < 1.29 is 22.7 Å². The lowest BCUT2D eigenvalue weighted by Crippen LogP contribution is -2.25. The second kappa shape index (κ2) is 8.32. The van der Waals surface area contributed by atoms with Gasteiger partial charge in [-0.05, 0) is 54.5 Å². The first kappa shape index (κ1) is 19.7. The Hall–Kier alpha value is -2.04. The topological polar surface area (TPSA) is 26.3 Å². The van der Waals surface area contributed by atoms with E-state index in [1.54, 1.807) is 6.07 Å². The lowest BCUT2D eigenvalue weighted by atomic mass is 9.84. The highest BCUT2D eigenvalue weighted by Gasteiger charge is 2.37. The minimum absolute atomic E-state index is 0.0715. The molecule has 0 aliphatic heterocycles. The Kier molecular flexibility index (Phi) is 6.08. The van der Waals surface area contributed by atoms with Gasteiger partial charge in [-0.1, -0.05) is 44.4 Å². The fraction of sp³-hybridized carbons (Fsp3) is 0.500. The molecule has 0 radical (unpaired) electrons. The summed E-state index contributed by atoms with van der Waals surface area (Å²) in [4.78, 5) is 10.9. The van der Waals surface area contributed by atoms with Crippen LogP contribution in [0, 0.1) is 5.92 Å². The van der Waals surface area contributed by atoms with Gasteiger partial charge in [-0.15, -0.1) is 0 Å². The summed E-state index contributed by atoms with van der Waals surface area (Å²) in [5, 5.41) is 0.463. The zero-order valence-electron chi connectivity index (χ0n) is 15.5. The molecular formula is C22H25F3O2. The van der Waals surface area contributed by atoms with Crippen molar-refractivity contribution in [2.75, 3.05) is 0 Å². The predicted molar refractivity (Wildman–Crippen MR) is 100 cm³/mol. The highest BCUT2D eigenvalue weighted by molar-refractivity contribution is 5.92. The Morgan fingerprint density at radius 2 is 1.85 bits per heavy atom. The van der Waals surface area contributed by atoms with E-state index >= 15 is 0 Å². The average molecular weight is 378 g/mol. The van der Waals surface area contributed by atoms with Gasteiger partial charge in [-0.25, -0.2) is 0 Å². The molecule has 1 aliphatic carbocycles. The molecule has 0 N–H and O–H groups in total. The Morgan fingerprint density at radius 3 is 2.48 bits per heavy atom. The number of benzene rings is 2. The molecule has 5 heteroatoms. The van der Waals surface area contributed by atoms with Gasteiger partial charge < -0.3 is 4.74 Å². The Labute approximate surface area is 157 Å². The van der Waals surface area contributed by atoms with Crippen LogP contribution in [0.3, 0.4) is 0 Å². The van der Waals surface area contributed by atoms with Crippen LogP contribution in [0.15, 0.2) is 30.3 Å². The number of unbranched alkanes of at least 4 members (excludes halogenated alkanes) is 1. The molecule has 0 saturated heterocycles. The molecule has 0 aromatic heterocycles. The van der Waals surface area contributed by atoms with Crippen LogP contribution in [0.5, 0.6) is 5.75 Å². The van der Waals surface area contributed by atoms with E-state index in [1.165, 1.54) is 43.5 Å². The smallest absolute Gasteiger partial charge is 0.420 e. The number of fused-ring (bicyclic) bond motifs is 1. The Bertz CT molecular complexity index is 790. The molecule has 2 nitrogen and oxygen atoms in total. The maximum atomic E-state index is 13.8. The Morgan fingerprint density at radius 1 is 1.11 bits per heavy atom. The van der Waals surface area contributed by atoms with Gasteiger partial charge in [0.25, 0.3) is 0 Å². The van der Waals surface area contributed by atoms with Gasteiger partial charge in [0.15, 0.2) is 0 Å². The molecule has 27 heavy (non-hydrogen) atoms. The van der Waals surface area contributed by atoms with Gasteiger partial charge >= 0.3 is 6.18 Å². The van der Waals surface area contributed by atoms with E-state index in [9.17, 15) is 18.0 Å². The van der Waals surface area contributed by atoms with E-state index in [1.807, 2.05) is 0 Å². The summed E-state index contributed by atoms with van der Waals surface area (Å²) in [6.07, 6.45) is 3.16. The first-order valence-corrected chi connectivity index (χ1v) is 9.68. The van der Waals surface area contributed by atoms with Gasteiger partial charge in [0.2, 0.25) is 0 Å². The quantitative estimate of drug-likeness (QED) is 0.517. The van der Waals surface area contributed by atoms with Crippen molar-refractivity contribution in [1.29, 1.82) is 0 Å². The van der Waals surface area contributed by atoms with Gasteiger partial charge in [0.05, 0.1) is 6.10 Å². The van der Waals surface area contributed by atoms with Gasteiger partial charge in [0, 0.05) is 5.56 Å². The van der Waals surface area contributed by atoms with E-state index in [0.29, 0.717) is 23.2 Å². The first-order valence-electron chi connectivity index (χ1n) is 9.68. The number of alkyl halides is 3. The van der Waals surface area contributed by atoms with Crippen LogP contribution in [0.1, 0.15) is 67.8 Å². The fourth-order valence-electron chi connectivity index (χ4n) is 4.00. The molecule has 0 spiro atoms. The van der Waals surface area contributed by atoms with Crippen LogP contribution in [0.4, 0.5) is 13.2 Å². The lowest BCUT2D eigenvalue weighted by molar-refractivity contribution is -0.138. The maximum Gasteiger partial charge on any atom is 0.420 e. The second-order valence-electron chi connectivity index (χ2n) is 7.44. The van der Waals surface area contributed by atoms with Crippen LogP contribution in [-0.4, -0.2) is 12.4 Å². The number of carbonyl (C=O) groups excluding carboxylic acids is 1. The zero-order valence-corrected chi connectivity index (χ0v) is 15.5. The molecule has 146 valence electrons. The predicted octanol–water partition coefficient (Wildman–Crippen LogP) is 6.80. The molecule has 2 aromatic carbocycles. The molecule has 1 fully saturated rings. The summed E-state index contributed by atoms with van der Waals surface area (Å²) in [6, 6.07) is 7.23. The van der Waals surface area contributed by atoms with E-state index in [0.717, 1.165) is 25.7 Å². The van der Waals surface area contributed by atoms with E-state index in [-0.39, 0.29) is 17.2 Å². The Balaban J connectivity index is 1.83. The standard InChI is InChI=1S/C22H25F3O2/c1-2-3-4-15-5-9-18(10-6-15)27-20-12-8-17-13-16(14-26)7-11-19(17)21(20)22(23,24)25/h7-8,11-15,18H,2-6,9-10H2,1H3. The normalized spacial score (nSPS) is 20.6. The van der Waals surface area contributed by atoms with Crippen LogP contribution < -0.4 is 4.74 Å². The molecule has 0 amide bonds. The van der Waals surface area contributed by atoms with Gasteiger partial charge in [-0.2, -0.15) is 13.2 Å². The molecule has 1 saturated carbocycles. The SMILES string of the molecule is CCCCC1CCC(Oc2ccc3cc(C=O)ccc3c2C(F)(F)F)CC1. The summed E-state index contributed by atoms with van der Waals surface area (Å²) in [5.74, 6) is 0.566. The largest absolute Gasteiger partial charge is 0.490 e. The van der Waals surface area contributed by atoms with E-state index in [2.05, 4.69) is 6.92 Å². The van der Waals surface area contributed by atoms with Crippen molar-refractivity contribution in [2.24, 2.45) is 5.92 Å². The third-order valence-electron chi connectivity index (χ3n) is 5.48. The number of ether oxygens (including phenoxy) is 1. The minimum Gasteiger partial charge on any atom is -0.490 e. The number of rotatable bonds is 6. The fourth-order valence-corrected chi connectivity index (χ4v) is 4.00. The van der Waals surface area contributed by atoms with Crippen molar-refractivity contribution in [3.8, 4) is 5.75 Å². The van der Waals surface area contributed by atoms with Crippen LogP contribution in [-0.2, 0) is 6.18 Å². The zero-order chi connectivity index (χ0) is 19.4. The highest BCUT2D eigenvalue weighted by atomic mass is 19.4. The summed E-state index contributed by atoms with van der Waals surface area (Å²) in [7, 11) is 0. The van der Waals surface area contributed by atoms with Gasteiger partial charge in [0.1, 0.15) is 17.6 Å². The van der Waals surface area contributed by atoms with Crippen LogP contribution in [0.2, 0.25) is 0 Å². The monoisotopic (exact) mass is 378 g/mol. The third-order valence-corrected chi connectivity index (χ3v) is 5.48. The number of aldehydes is 1. The van der Waals surface area contributed by atoms with E-state index < -0.39 is 11.7 Å². The summed E-state index contributed by atoms with van der Waals surface area (Å²) < 4.78 is 47.1. The lowest BCUT2D eigenvalue weighted by Gasteiger charge is -2.30. The molecule has 2 aromatic rings. The molecule has 3 rings (SSSR count). The minimum atomic E-state index is -4.52. The summed E-state index contributed by atoms with van der Waals surface area (Å²) in [6.45, 7) is 2.17. The maximum absolute atomic E-state index is 13.8.